The van der Waals surface area contributed by atoms with E-state index in [2.05, 4.69) is 17.6 Å². The third-order valence-corrected chi connectivity index (χ3v) is 4.08. The molecule has 1 amide bonds. The minimum atomic E-state index is -0.0839. The molecule has 0 bridgehead atoms. The molecule has 1 saturated heterocycles. The van der Waals surface area contributed by atoms with E-state index in [1.165, 1.54) is 6.42 Å². The molecule has 3 atom stereocenters. The lowest BCUT2D eigenvalue weighted by Gasteiger charge is -2.27. The minimum Gasteiger partial charge on any atom is -0.351 e. The Kier molecular flexibility index (Phi) is 4.75. The Morgan fingerprint density at radius 1 is 1.50 bits per heavy atom. The number of hydrogen-bond donors (Lipinski definition) is 2. The van der Waals surface area contributed by atoms with Crippen molar-refractivity contribution in [2.45, 2.75) is 44.0 Å². The molecule has 1 rings (SSSR count). The lowest BCUT2D eigenvalue weighted by atomic mass is 10.1. The topological polar surface area (TPSA) is 41.1 Å². The summed E-state index contributed by atoms with van der Waals surface area (Å²) in [6.45, 7) is 4.13. The monoisotopic (exact) mass is 216 g/mol. The molecule has 4 heteroatoms. The van der Waals surface area contributed by atoms with Gasteiger partial charge in [-0.15, -0.1) is 0 Å². The smallest absolute Gasteiger partial charge is 0.237 e. The number of carbonyl (C=O) groups excluding carboxylic acids is 1. The van der Waals surface area contributed by atoms with Crippen LogP contribution in [0.25, 0.3) is 0 Å². The van der Waals surface area contributed by atoms with E-state index < -0.39 is 0 Å². The fourth-order valence-electron chi connectivity index (χ4n) is 1.45. The molecule has 0 aromatic rings. The first kappa shape index (κ1) is 11.9. The molecule has 0 saturated carbocycles. The second-order valence-corrected chi connectivity index (χ2v) is 5.41. The number of nitrogens with one attached hydrogen (secondary N) is 2. The van der Waals surface area contributed by atoms with Gasteiger partial charge in [0, 0.05) is 17.0 Å². The second-order valence-electron chi connectivity index (χ2n) is 3.94. The molecular formula is C10H20N2OS. The molecule has 1 heterocycles. The van der Waals surface area contributed by atoms with Gasteiger partial charge >= 0.3 is 0 Å². The highest BCUT2D eigenvalue weighted by Gasteiger charge is 2.21. The summed E-state index contributed by atoms with van der Waals surface area (Å²) in [5.41, 5.74) is 0. The first-order chi connectivity index (χ1) is 6.63. The van der Waals surface area contributed by atoms with Gasteiger partial charge in [-0.1, -0.05) is 6.92 Å². The molecule has 14 heavy (non-hydrogen) atoms. The van der Waals surface area contributed by atoms with Crippen LogP contribution in [0.3, 0.4) is 0 Å². The van der Waals surface area contributed by atoms with Crippen LogP contribution in [0, 0.1) is 0 Å². The molecule has 3 nitrogen and oxygen atoms in total. The zero-order valence-electron chi connectivity index (χ0n) is 9.17. The van der Waals surface area contributed by atoms with Gasteiger partial charge in [-0.3, -0.25) is 4.79 Å². The normalized spacial score (nSPS) is 29.6. The molecule has 1 aliphatic rings. The van der Waals surface area contributed by atoms with Crippen LogP contribution in [-0.2, 0) is 4.79 Å². The van der Waals surface area contributed by atoms with E-state index in [0.717, 1.165) is 17.4 Å². The van der Waals surface area contributed by atoms with E-state index in [-0.39, 0.29) is 11.9 Å². The average Bonchev–Trinajstić information content (AvgIpc) is 2.20. The maximum absolute atomic E-state index is 11.5. The van der Waals surface area contributed by atoms with Gasteiger partial charge in [0.15, 0.2) is 0 Å². The average molecular weight is 216 g/mol. The van der Waals surface area contributed by atoms with Crippen molar-refractivity contribution < 1.29 is 4.79 Å². The van der Waals surface area contributed by atoms with E-state index in [1.807, 2.05) is 25.7 Å². The van der Waals surface area contributed by atoms with Gasteiger partial charge in [-0.05, 0) is 26.8 Å². The molecule has 2 N–H and O–H groups in total. The highest BCUT2D eigenvalue weighted by Crippen LogP contribution is 2.24. The van der Waals surface area contributed by atoms with Crippen LogP contribution in [0.1, 0.15) is 26.7 Å². The fourth-order valence-corrected chi connectivity index (χ4v) is 2.57. The molecule has 0 radical (unpaired) electrons. The van der Waals surface area contributed by atoms with E-state index in [9.17, 15) is 4.79 Å². The maximum atomic E-state index is 11.5. The van der Waals surface area contributed by atoms with Crippen LogP contribution in [0.2, 0.25) is 0 Å². The number of thioether (sulfide) groups is 1. The Morgan fingerprint density at radius 3 is 2.71 bits per heavy atom. The van der Waals surface area contributed by atoms with Crippen molar-refractivity contribution in [1.82, 2.24) is 10.6 Å². The molecule has 3 unspecified atom stereocenters. The van der Waals surface area contributed by atoms with Crippen molar-refractivity contribution >= 4 is 17.7 Å². The van der Waals surface area contributed by atoms with Crippen LogP contribution in [0.15, 0.2) is 0 Å². The summed E-state index contributed by atoms with van der Waals surface area (Å²) in [6, 6.07) is 0.291. The zero-order chi connectivity index (χ0) is 10.6. The highest BCUT2D eigenvalue weighted by molar-refractivity contribution is 7.99. The summed E-state index contributed by atoms with van der Waals surface area (Å²) in [5, 5.41) is 6.77. The first-order valence-corrected chi connectivity index (χ1v) is 6.27. The summed E-state index contributed by atoms with van der Waals surface area (Å²) in [6.07, 6.45) is 2.33. The van der Waals surface area contributed by atoms with Crippen LogP contribution in [0.5, 0.6) is 0 Å². The predicted molar refractivity (Wildman–Crippen MR) is 61.6 cm³/mol. The third kappa shape index (κ3) is 3.50. The Balaban J connectivity index is 2.27. The summed E-state index contributed by atoms with van der Waals surface area (Å²) in [5.74, 6) is 1.18. The molecule has 1 aliphatic heterocycles. The van der Waals surface area contributed by atoms with E-state index in [0.29, 0.717) is 6.04 Å². The number of amides is 1. The SMILES string of the molecule is CNC(C)C(=O)NC1CCC(C)SC1. The molecule has 1 fully saturated rings. The quantitative estimate of drug-likeness (QED) is 0.739. The number of carbonyl (C=O) groups is 1. The Labute approximate surface area is 90.4 Å². The van der Waals surface area contributed by atoms with Crippen molar-refractivity contribution in [3.63, 3.8) is 0 Å². The van der Waals surface area contributed by atoms with Crippen molar-refractivity contribution in [3.05, 3.63) is 0 Å². The zero-order valence-corrected chi connectivity index (χ0v) is 9.99. The highest BCUT2D eigenvalue weighted by atomic mass is 32.2. The molecule has 0 spiro atoms. The van der Waals surface area contributed by atoms with Gasteiger partial charge in [-0.25, -0.2) is 0 Å². The van der Waals surface area contributed by atoms with Crippen molar-refractivity contribution in [2.24, 2.45) is 0 Å². The fraction of sp³-hybridized carbons (Fsp3) is 0.900. The summed E-state index contributed by atoms with van der Waals surface area (Å²) < 4.78 is 0. The molecule has 82 valence electrons. The van der Waals surface area contributed by atoms with E-state index >= 15 is 0 Å². The van der Waals surface area contributed by atoms with Gasteiger partial charge < -0.3 is 10.6 Å². The van der Waals surface area contributed by atoms with Crippen LogP contribution >= 0.6 is 11.8 Å². The Hall–Kier alpha value is -0.220. The van der Waals surface area contributed by atoms with Gasteiger partial charge in [-0.2, -0.15) is 11.8 Å². The summed E-state index contributed by atoms with van der Waals surface area (Å²) in [7, 11) is 1.81. The number of likely N-dealkylation sites (N-methyl/N-ethyl adjacent to an activating group) is 1. The molecule has 0 aromatic heterocycles. The van der Waals surface area contributed by atoms with Crippen molar-refractivity contribution in [2.75, 3.05) is 12.8 Å². The number of hydrogen-bond acceptors (Lipinski definition) is 3. The van der Waals surface area contributed by atoms with Crippen molar-refractivity contribution in [1.29, 1.82) is 0 Å². The van der Waals surface area contributed by atoms with Crippen molar-refractivity contribution in [3.8, 4) is 0 Å². The van der Waals surface area contributed by atoms with E-state index in [4.69, 9.17) is 0 Å². The largest absolute Gasteiger partial charge is 0.351 e. The minimum absolute atomic E-state index is 0.0839. The molecule has 0 aliphatic carbocycles. The lowest BCUT2D eigenvalue weighted by Crippen LogP contribution is -2.47. The Bertz CT molecular complexity index is 191. The predicted octanol–water partition coefficient (Wildman–Crippen LogP) is 0.995. The number of rotatable bonds is 3. The molecular weight excluding hydrogens is 196 g/mol. The van der Waals surface area contributed by atoms with Crippen LogP contribution in [0.4, 0.5) is 0 Å². The van der Waals surface area contributed by atoms with Crippen LogP contribution in [-0.4, -0.2) is 36.0 Å². The van der Waals surface area contributed by atoms with Gasteiger partial charge in [0.05, 0.1) is 6.04 Å². The summed E-state index contributed by atoms with van der Waals surface area (Å²) >= 11 is 1.95. The Morgan fingerprint density at radius 2 is 2.21 bits per heavy atom. The van der Waals surface area contributed by atoms with Gasteiger partial charge in [0.2, 0.25) is 5.91 Å². The van der Waals surface area contributed by atoms with Crippen LogP contribution < -0.4 is 10.6 Å². The van der Waals surface area contributed by atoms with Gasteiger partial charge in [0.25, 0.3) is 0 Å². The van der Waals surface area contributed by atoms with E-state index in [1.54, 1.807) is 0 Å². The standard InChI is InChI=1S/C10H20N2OS/c1-7-4-5-9(6-14-7)12-10(13)8(2)11-3/h7-9,11H,4-6H2,1-3H3,(H,12,13). The molecule has 0 aromatic carbocycles. The third-order valence-electron chi connectivity index (χ3n) is 2.68. The lowest BCUT2D eigenvalue weighted by molar-refractivity contribution is -0.123. The van der Waals surface area contributed by atoms with Gasteiger partial charge in [0.1, 0.15) is 0 Å². The second kappa shape index (κ2) is 5.61. The maximum Gasteiger partial charge on any atom is 0.237 e. The first-order valence-electron chi connectivity index (χ1n) is 5.22. The summed E-state index contributed by atoms with van der Waals surface area (Å²) in [4.78, 5) is 11.5.